The summed E-state index contributed by atoms with van der Waals surface area (Å²) in [7, 11) is 0. The number of nitriles is 1. The fraction of sp³-hybridized carbons (Fsp3) is 0.0467. The lowest BCUT2D eigenvalue weighted by Gasteiger charge is -2.42. The standard InChI is InChI=1S/C107H73N7O2/c108-64-65-56-77(60-79(110)57-65)67-46-50-68(51-47-67)80-35-18-42-92-100(80)116-103-86(99-63-98(70-24-6-2-7-25-70)111-104(114-99)72-26-8-3-9-27-72)38-21-45-95(103)107(92)90-41-15-12-34-85(90)87-61-73(54-55-91(87)107)66-48-52-71(53-49-66)97-62-96(69-22-4-1-5-23-69)112-105(113-97)76-30-16-28-74(58-76)81-36-19-43-93-101(81)115-102-82(75-29-17-31-78(109)59-75)37-20-44-94(102)106(93)88-39-13-10-32-83(88)84-33-11-14-40-89(84)106/h1-63,99,104-105,111,113-114H,109-110H2. The summed E-state index contributed by atoms with van der Waals surface area (Å²) in [5.41, 5.74) is 46.1. The molecule has 0 saturated carbocycles. The van der Waals surface area contributed by atoms with Crippen molar-refractivity contribution in [1.82, 2.24) is 16.0 Å². The van der Waals surface area contributed by atoms with Crippen LogP contribution in [0.4, 0.5) is 11.4 Å². The third-order valence-corrected chi connectivity index (χ3v) is 24.4. The van der Waals surface area contributed by atoms with Gasteiger partial charge in [-0.15, -0.1) is 0 Å². The zero-order chi connectivity index (χ0) is 77.2. The van der Waals surface area contributed by atoms with Crippen molar-refractivity contribution < 1.29 is 9.47 Å². The minimum Gasteiger partial charge on any atom is -0.456 e. The number of ether oxygens (including phenoxy) is 2. The van der Waals surface area contributed by atoms with Crippen molar-refractivity contribution in [1.29, 1.82) is 5.26 Å². The molecule has 16 aromatic rings. The number of hydrogen-bond acceptors (Lipinski definition) is 9. The lowest BCUT2D eigenvalue weighted by atomic mass is 9.65. The maximum Gasteiger partial charge on any atom is 0.145 e. The highest BCUT2D eigenvalue weighted by molar-refractivity contribution is 6.13. The van der Waals surface area contributed by atoms with Gasteiger partial charge in [-0.05, 0) is 166 Å². The van der Waals surface area contributed by atoms with Gasteiger partial charge >= 0.3 is 0 Å². The Morgan fingerprint density at radius 1 is 0.310 bits per heavy atom. The Hall–Kier alpha value is -15.1. The topological polar surface area (TPSA) is 143 Å². The number of hydrogen-bond donors (Lipinski definition) is 5. The summed E-state index contributed by atoms with van der Waals surface area (Å²) in [4.78, 5) is 5.55. The van der Waals surface area contributed by atoms with Crippen molar-refractivity contribution in [2.75, 3.05) is 11.5 Å². The van der Waals surface area contributed by atoms with Crippen LogP contribution in [-0.4, -0.2) is 5.71 Å². The average molecular weight is 1490 g/mol. The molecule has 4 heterocycles. The molecule has 0 fully saturated rings. The van der Waals surface area contributed by atoms with Crippen LogP contribution < -0.4 is 36.9 Å². The zero-order valence-electron chi connectivity index (χ0n) is 63.0. The molecule has 16 aromatic carbocycles. The Morgan fingerprint density at radius 2 is 0.750 bits per heavy atom. The van der Waals surface area contributed by atoms with E-state index in [1.165, 1.54) is 33.4 Å². The Kier molecular flexibility index (Phi) is 15.8. The Bertz CT molecular complexity index is 6820. The van der Waals surface area contributed by atoms with E-state index in [2.05, 4.69) is 368 Å². The summed E-state index contributed by atoms with van der Waals surface area (Å²) in [6.07, 6.45) is 3.82. The molecule has 116 heavy (non-hydrogen) atoms. The van der Waals surface area contributed by atoms with E-state index in [1.54, 1.807) is 6.07 Å². The lowest BCUT2D eigenvalue weighted by molar-refractivity contribution is 0.405. The molecule has 6 aliphatic rings. The van der Waals surface area contributed by atoms with E-state index in [0.29, 0.717) is 16.9 Å². The van der Waals surface area contributed by atoms with Crippen molar-refractivity contribution in [2.45, 2.75) is 29.2 Å². The fourth-order valence-electron chi connectivity index (χ4n) is 19.3. The molecule has 7 N–H and O–H groups in total. The van der Waals surface area contributed by atoms with Crippen LogP contribution in [0, 0.1) is 11.3 Å². The molecule has 0 saturated heterocycles. The first-order valence-electron chi connectivity index (χ1n) is 39.5. The minimum absolute atomic E-state index is 0.220. The third-order valence-electron chi connectivity index (χ3n) is 24.4. The predicted molar refractivity (Wildman–Crippen MR) is 468 cm³/mol. The summed E-state index contributed by atoms with van der Waals surface area (Å²) < 4.78 is 15.3. The van der Waals surface area contributed by atoms with Crippen molar-refractivity contribution in [3.63, 3.8) is 0 Å². The van der Waals surface area contributed by atoms with Gasteiger partial charge < -0.3 is 31.6 Å². The molecule has 0 aromatic heterocycles. The van der Waals surface area contributed by atoms with Gasteiger partial charge in [-0.25, -0.2) is 0 Å². The van der Waals surface area contributed by atoms with E-state index in [1.807, 2.05) is 30.3 Å². The van der Waals surface area contributed by atoms with Crippen LogP contribution in [0.5, 0.6) is 23.0 Å². The molecule has 0 radical (unpaired) electrons. The number of nitrogen functional groups attached to an aromatic ring is 2. The Balaban J connectivity index is 0.639. The highest BCUT2D eigenvalue weighted by atomic mass is 16.5. The number of rotatable bonds is 11. The zero-order valence-corrected chi connectivity index (χ0v) is 63.0. The summed E-state index contributed by atoms with van der Waals surface area (Å²) in [5, 5.41) is 21.8. The van der Waals surface area contributed by atoms with E-state index in [4.69, 9.17) is 25.9 Å². The number of nitrogens with one attached hydrogen (secondary N) is 3. The van der Waals surface area contributed by atoms with Crippen molar-refractivity contribution in [2.24, 2.45) is 4.99 Å². The third kappa shape index (κ3) is 10.8. The molecule has 4 unspecified atom stereocenters. The van der Waals surface area contributed by atoms with E-state index in [0.717, 1.165) is 162 Å². The first-order chi connectivity index (χ1) is 57.2. The van der Waals surface area contributed by atoms with E-state index >= 15 is 0 Å². The largest absolute Gasteiger partial charge is 0.456 e. The van der Waals surface area contributed by atoms with Crippen LogP contribution in [0.25, 0.3) is 89.3 Å². The van der Waals surface area contributed by atoms with Crippen LogP contribution in [0.15, 0.2) is 387 Å². The number of nitrogens with two attached hydrogens (primary N) is 2. The maximum atomic E-state index is 9.93. The molecule has 2 spiro atoms. The van der Waals surface area contributed by atoms with Crippen molar-refractivity contribution in [3.05, 3.63) is 466 Å². The predicted octanol–water partition coefficient (Wildman–Crippen LogP) is 24.1. The number of allylic oxidation sites excluding steroid dienone is 1. The number of fused-ring (bicyclic) bond motifs is 18. The SMILES string of the molecule is N#Cc1cc(N)cc(-c2ccc(-c3cccc4c3Oc3c(C5C=C(c6ccccc6)NC(c6ccccc6)N5)cccc3C43c4ccccc4-c4cc(-c5ccc(C6=CC(c7ccccc7)=NC(c7cccc(-c8cccc9c8Oc8c(-c%10cccc(N)c%10)cccc8C98c9ccccc9-c9ccccc98)c7)N6)cc5)ccc43)cc2)c1. The molecular formula is C107H73N7O2. The quantitative estimate of drug-likeness (QED) is 0.0806. The summed E-state index contributed by atoms with van der Waals surface area (Å²) in [6.45, 7) is 0. The number of para-hydroxylation sites is 4. The average Bonchev–Trinajstić information content (AvgIpc) is 1.49. The van der Waals surface area contributed by atoms with Crippen LogP contribution in [-0.2, 0) is 10.8 Å². The Morgan fingerprint density at radius 3 is 1.37 bits per heavy atom. The summed E-state index contributed by atoms with van der Waals surface area (Å²) in [6, 6.07) is 134. The first-order valence-corrected chi connectivity index (χ1v) is 39.5. The van der Waals surface area contributed by atoms with Crippen molar-refractivity contribution in [3.8, 4) is 107 Å². The lowest BCUT2D eigenvalue weighted by Crippen LogP contribution is -2.40. The van der Waals surface area contributed by atoms with Gasteiger partial charge in [0.1, 0.15) is 35.3 Å². The van der Waals surface area contributed by atoms with Gasteiger partial charge in [0.25, 0.3) is 0 Å². The second-order valence-corrected chi connectivity index (χ2v) is 30.8. The van der Waals surface area contributed by atoms with Gasteiger partial charge in [0, 0.05) is 67.3 Å². The monoisotopic (exact) mass is 1490 g/mol. The van der Waals surface area contributed by atoms with Gasteiger partial charge in [-0.2, -0.15) is 5.26 Å². The molecule has 9 heteroatoms. The smallest absolute Gasteiger partial charge is 0.145 e. The van der Waals surface area contributed by atoms with Crippen LogP contribution in [0.1, 0.15) is 102 Å². The number of aliphatic imine (C=N–C) groups is 1. The van der Waals surface area contributed by atoms with Gasteiger partial charge in [-0.1, -0.05) is 328 Å². The van der Waals surface area contributed by atoms with Gasteiger partial charge in [-0.3, -0.25) is 10.3 Å². The highest BCUT2D eigenvalue weighted by Gasteiger charge is 2.54. The van der Waals surface area contributed by atoms with Crippen LogP contribution in [0.3, 0.4) is 0 Å². The summed E-state index contributed by atoms with van der Waals surface area (Å²) >= 11 is 0. The van der Waals surface area contributed by atoms with Crippen LogP contribution >= 0.6 is 0 Å². The van der Waals surface area contributed by atoms with Crippen LogP contribution in [0.2, 0.25) is 0 Å². The van der Waals surface area contributed by atoms with E-state index < -0.39 is 17.0 Å². The minimum atomic E-state index is -0.829. The van der Waals surface area contributed by atoms with Gasteiger partial charge in [0.15, 0.2) is 0 Å². The van der Waals surface area contributed by atoms with E-state index in [9.17, 15) is 5.26 Å². The molecule has 0 bridgehead atoms. The molecule has 4 atom stereocenters. The normalized spacial score (nSPS) is 17.1. The molecule has 2 aliphatic carbocycles. The van der Waals surface area contributed by atoms with E-state index in [-0.39, 0.29) is 12.2 Å². The summed E-state index contributed by atoms with van der Waals surface area (Å²) in [5.74, 6) is 3.22. The number of anilines is 2. The van der Waals surface area contributed by atoms with Crippen molar-refractivity contribution >= 4 is 28.5 Å². The fourth-order valence-corrected chi connectivity index (χ4v) is 19.3. The second kappa shape index (κ2) is 27.1. The molecule has 4 aliphatic heterocycles. The van der Waals surface area contributed by atoms with Gasteiger partial charge in [0.2, 0.25) is 0 Å². The first kappa shape index (κ1) is 67.8. The Labute approximate surface area is 673 Å². The molecule has 9 nitrogen and oxygen atoms in total. The number of benzene rings is 16. The molecule has 548 valence electrons. The highest BCUT2D eigenvalue weighted by Crippen LogP contribution is 2.67. The maximum absolute atomic E-state index is 9.93. The molecule has 0 amide bonds. The second-order valence-electron chi connectivity index (χ2n) is 30.8. The number of nitrogens with zero attached hydrogens (tertiary/aromatic N) is 2. The van der Waals surface area contributed by atoms with Gasteiger partial charge in [0.05, 0.1) is 34.2 Å². The molecular weight excluding hydrogens is 1420 g/mol. The molecule has 22 rings (SSSR count).